The molecule has 0 saturated carbocycles. The third kappa shape index (κ3) is 9.28. The molecule has 5 heteroatoms. The van der Waals surface area contributed by atoms with Gasteiger partial charge in [-0.2, -0.15) is 0 Å². The maximum atomic E-state index is 11.1. The fourth-order valence-electron chi connectivity index (χ4n) is 0.711. The maximum Gasteiger partial charge on any atom is 0.407 e. The van der Waals surface area contributed by atoms with Gasteiger partial charge in [-0.1, -0.05) is 0 Å². The monoisotopic (exact) mass is 204 g/mol. The highest BCUT2D eigenvalue weighted by Gasteiger charge is 2.14. The molecule has 0 aliphatic heterocycles. The van der Waals surface area contributed by atoms with E-state index in [1.165, 1.54) is 0 Å². The minimum absolute atomic E-state index is 0.212. The molecule has 0 aromatic carbocycles. The molecule has 1 unspecified atom stereocenters. The van der Waals surface area contributed by atoms with Gasteiger partial charge >= 0.3 is 6.09 Å². The molecule has 0 fully saturated rings. The summed E-state index contributed by atoms with van der Waals surface area (Å²) in [5, 5.41) is 2.66. The molecule has 0 spiro atoms. The Labute approximate surface area is 84.9 Å². The zero-order valence-corrected chi connectivity index (χ0v) is 9.29. The molecule has 0 aromatic rings. The van der Waals surface area contributed by atoms with Crippen LogP contribution in [0.15, 0.2) is 0 Å². The first-order chi connectivity index (χ1) is 6.31. The number of hydrogen-bond donors (Lipinski definition) is 2. The van der Waals surface area contributed by atoms with E-state index in [2.05, 4.69) is 5.32 Å². The van der Waals surface area contributed by atoms with Crippen LogP contribution in [0.3, 0.4) is 0 Å². The molecule has 1 atom stereocenters. The van der Waals surface area contributed by atoms with Crippen LogP contribution in [0.4, 0.5) is 4.79 Å². The number of carbonyl (C=O) groups excluding carboxylic acids is 1. The second-order valence-electron chi connectivity index (χ2n) is 4.09. The van der Waals surface area contributed by atoms with Crippen LogP contribution in [0.2, 0.25) is 0 Å². The molecule has 1 amide bonds. The average molecular weight is 204 g/mol. The quantitative estimate of drug-likeness (QED) is 0.525. The van der Waals surface area contributed by atoms with E-state index in [9.17, 15) is 4.79 Å². The van der Waals surface area contributed by atoms with Crippen LogP contribution < -0.4 is 11.1 Å². The fourth-order valence-corrected chi connectivity index (χ4v) is 0.711. The van der Waals surface area contributed by atoms with E-state index in [0.29, 0.717) is 6.61 Å². The number of nitrogens with one attached hydrogen (secondary N) is 1. The third-order valence-electron chi connectivity index (χ3n) is 1.17. The van der Waals surface area contributed by atoms with Crippen LogP contribution in [0.1, 0.15) is 27.7 Å². The van der Waals surface area contributed by atoms with Gasteiger partial charge in [0.15, 0.2) is 0 Å². The zero-order valence-electron chi connectivity index (χ0n) is 9.29. The fraction of sp³-hybridized carbons (Fsp3) is 0.889. The predicted octanol–water partition coefficient (Wildman–Crippen LogP) is 0.832. The van der Waals surface area contributed by atoms with Gasteiger partial charge in [0, 0.05) is 5.54 Å². The Morgan fingerprint density at radius 3 is 2.43 bits per heavy atom. The van der Waals surface area contributed by atoms with Crippen molar-refractivity contribution in [1.29, 1.82) is 0 Å². The van der Waals surface area contributed by atoms with Crippen molar-refractivity contribution < 1.29 is 14.3 Å². The summed E-state index contributed by atoms with van der Waals surface area (Å²) in [5.41, 5.74) is 5.05. The Bertz CT molecular complexity index is 175. The van der Waals surface area contributed by atoms with Gasteiger partial charge < -0.3 is 20.5 Å². The van der Waals surface area contributed by atoms with Crippen molar-refractivity contribution in [2.75, 3.05) is 13.2 Å². The standard InChI is InChI=1S/C9H20N2O3/c1-7(10)13-5-6-14-8(12)11-9(2,3)4/h7H,5-6,10H2,1-4H3,(H,11,12). The Balaban J connectivity index is 3.46. The van der Waals surface area contributed by atoms with E-state index in [-0.39, 0.29) is 18.4 Å². The van der Waals surface area contributed by atoms with Gasteiger partial charge in [0.1, 0.15) is 12.8 Å². The summed E-state index contributed by atoms with van der Waals surface area (Å²) in [6.07, 6.45) is -0.768. The molecule has 5 nitrogen and oxygen atoms in total. The number of amides is 1. The normalized spacial score (nSPS) is 13.5. The summed E-state index contributed by atoms with van der Waals surface area (Å²) in [5.74, 6) is 0. The lowest BCUT2D eigenvalue weighted by molar-refractivity contribution is 0.0327. The third-order valence-corrected chi connectivity index (χ3v) is 1.17. The highest BCUT2D eigenvalue weighted by molar-refractivity contribution is 5.67. The Morgan fingerprint density at radius 1 is 1.43 bits per heavy atom. The topological polar surface area (TPSA) is 73.6 Å². The molecule has 14 heavy (non-hydrogen) atoms. The molecule has 0 saturated heterocycles. The van der Waals surface area contributed by atoms with Crippen molar-refractivity contribution in [2.45, 2.75) is 39.5 Å². The number of nitrogens with two attached hydrogens (primary N) is 1. The van der Waals surface area contributed by atoms with E-state index in [1.54, 1.807) is 6.92 Å². The minimum atomic E-state index is -0.439. The summed E-state index contributed by atoms with van der Waals surface area (Å²) in [6, 6.07) is 0. The van der Waals surface area contributed by atoms with Gasteiger partial charge in [-0.25, -0.2) is 4.79 Å². The molecule has 0 aliphatic rings. The summed E-state index contributed by atoms with van der Waals surface area (Å²) in [6.45, 7) is 7.89. The number of hydrogen-bond acceptors (Lipinski definition) is 4. The van der Waals surface area contributed by atoms with Crippen molar-refractivity contribution in [1.82, 2.24) is 5.32 Å². The summed E-state index contributed by atoms with van der Waals surface area (Å²) in [4.78, 5) is 11.1. The molecule has 0 aliphatic carbocycles. The molecular formula is C9H20N2O3. The van der Waals surface area contributed by atoms with Gasteiger partial charge in [0.25, 0.3) is 0 Å². The average Bonchev–Trinajstić information content (AvgIpc) is 1.94. The van der Waals surface area contributed by atoms with E-state index < -0.39 is 6.09 Å². The molecule has 3 N–H and O–H groups in total. The van der Waals surface area contributed by atoms with Crippen molar-refractivity contribution in [3.05, 3.63) is 0 Å². The first-order valence-electron chi connectivity index (χ1n) is 4.63. The highest BCUT2D eigenvalue weighted by Crippen LogP contribution is 1.98. The second kappa shape index (κ2) is 5.82. The molecule has 0 heterocycles. The lowest BCUT2D eigenvalue weighted by Gasteiger charge is -2.20. The SMILES string of the molecule is CC(N)OCCOC(=O)NC(C)(C)C. The van der Waals surface area contributed by atoms with E-state index in [0.717, 1.165) is 0 Å². The van der Waals surface area contributed by atoms with Crippen molar-refractivity contribution in [3.63, 3.8) is 0 Å². The van der Waals surface area contributed by atoms with E-state index in [4.69, 9.17) is 15.2 Å². The van der Waals surface area contributed by atoms with Gasteiger partial charge in [-0.15, -0.1) is 0 Å². The van der Waals surface area contributed by atoms with Gasteiger partial charge in [0.05, 0.1) is 6.61 Å². The smallest absolute Gasteiger partial charge is 0.407 e. The van der Waals surface area contributed by atoms with Crippen LogP contribution in [0.5, 0.6) is 0 Å². The Morgan fingerprint density at radius 2 is 2.00 bits per heavy atom. The number of rotatable bonds is 4. The zero-order chi connectivity index (χ0) is 11.2. The van der Waals surface area contributed by atoms with Crippen LogP contribution in [0, 0.1) is 0 Å². The van der Waals surface area contributed by atoms with E-state index in [1.807, 2.05) is 20.8 Å². The Kier molecular flexibility index (Phi) is 5.49. The molecule has 0 radical (unpaired) electrons. The molecule has 0 bridgehead atoms. The predicted molar refractivity (Wildman–Crippen MR) is 53.8 cm³/mol. The van der Waals surface area contributed by atoms with Gasteiger partial charge in [-0.3, -0.25) is 0 Å². The maximum absolute atomic E-state index is 11.1. The molecule has 0 rings (SSSR count). The second-order valence-corrected chi connectivity index (χ2v) is 4.09. The minimum Gasteiger partial charge on any atom is -0.447 e. The number of carbonyl (C=O) groups is 1. The lowest BCUT2D eigenvalue weighted by Crippen LogP contribution is -2.41. The molecule has 84 valence electrons. The van der Waals surface area contributed by atoms with Crippen molar-refractivity contribution in [2.24, 2.45) is 5.73 Å². The first-order valence-corrected chi connectivity index (χ1v) is 4.63. The first kappa shape index (κ1) is 13.2. The summed E-state index contributed by atoms with van der Waals surface area (Å²) < 4.78 is 9.83. The van der Waals surface area contributed by atoms with E-state index >= 15 is 0 Å². The van der Waals surface area contributed by atoms with Gasteiger partial charge in [-0.05, 0) is 27.7 Å². The van der Waals surface area contributed by atoms with Crippen molar-refractivity contribution >= 4 is 6.09 Å². The molecule has 0 aromatic heterocycles. The lowest BCUT2D eigenvalue weighted by atomic mass is 10.1. The number of ether oxygens (including phenoxy) is 2. The Hall–Kier alpha value is -0.810. The largest absolute Gasteiger partial charge is 0.447 e. The van der Waals surface area contributed by atoms with Crippen LogP contribution in [-0.2, 0) is 9.47 Å². The summed E-state index contributed by atoms with van der Waals surface area (Å²) >= 11 is 0. The summed E-state index contributed by atoms with van der Waals surface area (Å²) in [7, 11) is 0. The number of alkyl carbamates (subject to hydrolysis) is 1. The molecular weight excluding hydrogens is 184 g/mol. The van der Waals surface area contributed by atoms with Crippen molar-refractivity contribution in [3.8, 4) is 0 Å². The van der Waals surface area contributed by atoms with Crippen LogP contribution >= 0.6 is 0 Å². The van der Waals surface area contributed by atoms with Gasteiger partial charge in [0.2, 0.25) is 0 Å². The van der Waals surface area contributed by atoms with Crippen LogP contribution in [0.25, 0.3) is 0 Å². The highest BCUT2D eigenvalue weighted by atomic mass is 16.6. The van der Waals surface area contributed by atoms with Crippen LogP contribution in [-0.4, -0.2) is 31.1 Å².